The van der Waals surface area contributed by atoms with Crippen molar-refractivity contribution in [1.29, 1.82) is 0 Å². The monoisotopic (exact) mass is 436 g/mol. The third kappa shape index (κ3) is 4.84. The van der Waals surface area contributed by atoms with Gasteiger partial charge in [-0.15, -0.1) is 0 Å². The van der Waals surface area contributed by atoms with E-state index in [0.29, 0.717) is 13.2 Å². The summed E-state index contributed by atoms with van der Waals surface area (Å²) in [6.45, 7) is 10.4. The van der Waals surface area contributed by atoms with Crippen LogP contribution in [0.25, 0.3) is 10.9 Å². The Balaban J connectivity index is 1.38. The number of anilines is 1. The molecule has 3 aromatic rings. The van der Waals surface area contributed by atoms with Crippen molar-refractivity contribution in [1.82, 2.24) is 24.6 Å². The number of aromatic nitrogens is 4. The molecular formula is C24H32N6O2. The Hall–Kier alpha value is -3.16. The quantitative estimate of drug-likeness (QED) is 0.539. The van der Waals surface area contributed by atoms with Crippen LogP contribution in [-0.4, -0.2) is 63.3 Å². The molecule has 2 aromatic heterocycles. The summed E-state index contributed by atoms with van der Waals surface area (Å²) in [5.74, 6) is 1.89. The third-order valence-corrected chi connectivity index (χ3v) is 6.14. The maximum Gasteiger partial charge on any atom is 0.226 e. The second-order valence-electron chi connectivity index (χ2n) is 8.17. The first kappa shape index (κ1) is 22.0. The van der Waals surface area contributed by atoms with Crippen molar-refractivity contribution in [3.05, 3.63) is 42.4 Å². The highest BCUT2D eigenvalue weighted by Gasteiger charge is 2.29. The Morgan fingerprint density at radius 1 is 1.22 bits per heavy atom. The van der Waals surface area contributed by atoms with E-state index in [0.717, 1.165) is 67.3 Å². The molecule has 0 saturated carbocycles. The molecule has 1 aromatic carbocycles. The van der Waals surface area contributed by atoms with Gasteiger partial charge in [-0.05, 0) is 57.9 Å². The minimum atomic E-state index is 0.0547. The Morgan fingerprint density at radius 2 is 2.03 bits per heavy atom. The topological polar surface area (TPSA) is 76.4 Å². The number of benzene rings is 1. The van der Waals surface area contributed by atoms with Crippen molar-refractivity contribution in [3.8, 4) is 5.75 Å². The second kappa shape index (κ2) is 9.97. The molecule has 8 heteroatoms. The molecule has 1 saturated heterocycles. The zero-order chi connectivity index (χ0) is 22.5. The summed E-state index contributed by atoms with van der Waals surface area (Å²) in [6.07, 6.45) is 5.34. The van der Waals surface area contributed by atoms with Crippen LogP contribution in [0.4, 0.5) is 5.95 Å². The standard InChI is InChI=1S/C24H32N6O2/c1-4-28(15-16-30-12-6-11-25-30)23(31)19-9-13-29(14-10-19)24-26-18(3)21-17-20(32-5-2)7-8-22(21)27-24/h6-8,11-12,17,19H,4-5,9-10,13-16H2,1-3H3. The zero-order valence-corrected chi connectivity index (χ0v) is 19.2. The summed E-state index contributed by atoms with van der Waals surface area (Å²) >= 11 is 0. The number of aryl methyl sites for hydroxylation is 1. The molecule has 1 fully saturated rings. The van der Waals surface area contributed by atoms with Gasteiger partial charge in [-0.3, -0.25) is 9.48 Å². The lowest BCUT2D eigenvalue weighted by molar-refractivity contribution is -0.136. The summed E-state index contributed by atoms with van der Waals surface area (Å²) in [4.78, 5) is 26.8. The van der Waals surface area contributed by atoms with Gasteiger partial charge in [0.2, 0.25) is 11.9 Å². The number of hydrogen-bond acceptors (Lipinski definition) is 6. The summed E-state index contributed by atoms with van der Waals surface area (Å²) in [7, 11) is 0. The van der Waals surface area contributed by atoms with E-state index >= 15 is 0 Å². The summed E-state index contributed by atoms with van der Waals surface area (Å²) in [5, 5.41) is 5.25. The third-order valence-electron chi connectivity index (χ3n) is 6.14. The fraction of sp³-hybridized carbons (Fsp3) is 0.500. The van der Waals surface area contributed by atoms with E-state index < -0.39 is 0 Å². The number of carbonyl (C=O) groups is 1. The van der Waals surface area contributed by atoms with Gasteiger partial charge in [0.05, 0.1) is 24.4 Å². The molecule has 0 bridgehead atoms. The number of hydrogen-bond donors (Lipinski definition) is 0. The molecule has 3 heterocycles. The first-order chi connectivity index (χ1) is 15.6. The fourth-order valence-corrected chi connectivity index (χ4v) is 4.31. The van der Waals surface area contributed by atoms with Crippen LogP contribution in [0.2, 0.25) is 0 Å². The molecule has 170 valence electrons. The van der Waals surface area contributed by atoms with Crippen LogP contribution in [0.5, 0.6) is 5.75 Å². The van der Waals surface area contributed by atoms with E-state index in [4.69, 9.17) is 14.7 Å². The van der Waals surface area contributed by atoms with Crippen LogP contribution in [-0.2, 0) is 11.3 Å². The van der Waals surface area contributed by atoms with Crippen LogP contribution in [0.15, 0.2) is 36.7 Å². The van der Waals surface area contributed by atoms with Crippen molar-refractivity contribution in [3.63, 3.8) is 0 Å². The molecule has 1 amide bonds. The van der Waals surface area contributed by atoms with Crippen molar-refractivity contribution in [2.75, 3.05) is 37.7 Å². The van der Waals surface area contributed by atoms with Gasteiger partial charge in [0.15, 0.2) is 0 Å². The number of nitrogens with zero attached hydrogens (tertiary/aromatic N) is 6. The number of amides is 1. The minimum Gasteiger partial charge on any atom is -0.494 e. The Bertz CT molecular complexity index is 1040. The molecule has 0 N–H and O–H groups in total. The normalized spacial score (nSPS) is 14.7. The molecule has 0 radical (unpaired) electrons. The van der Waals surface area contributed by atoms with E-state index in [1.165, 1.54) is 0 Å². The highest BCUT2D eigenvalue weighted by molar-refractivity contribution is 5.83. The predicted molar refractivity (Wildman–Crippen MR) is 125 cm³/mol. The highest BCUT2D eigenvalue weighted by atomic mass is 16.5. The van der Waals surface area contributed by atoms with Gasteiger partial charge >= 0.3 is 0 Å². The minimum absolute atomic E-state index is 0.0547. The number of piperidine rings is 1. The molecule has 0 unspecified atom stereocenters. The molecule has 1 aliphatic heterocycles. The lowest BCUT2D eigenvalue weighted by atomic mass is 9.95. The fourth-order valence-electron chi connectivity index (χ4n) is 4.31. The number of ether oxygens (including phenoxy) is 1. The lowest BCUT2D eigenvalue weighted by Gasteiger charge is -2.34. The SMILES string of the molecule is CCOc1ccc2nc(N3CCC(C(=O)N(CC)CCn4cccn4)CC3)nc(C)c2c1. The molecule has 32 heavy (non-hydrogen) atoms. The summed E-state index contributed by atoms with van der Waals surface area (Å²) in [5.41, 5.74) is 1.87. The van der Waals surface area contributed by atoms with Gasteiger partial charge in [-0.2, -0.15) is 5.10 Å². The van der Waals surface area contributed by atoms with E-state index in [9.17, 15) is 4.79 Å². The zero-order valence-electron chi connectivity index (χ0n) is 19.2. The van der Waals surface area contributed by atoms with Crippen LogP contribution in [0.3, 0.4) is 0 Å². The first-order valence-electron chi connectivity index (χ1n) is 11.5. The van der Waals surface area contributed by atoms with Gasteiger partial charge in [-0.25, -0.2) is 9.97 Å². The Labute approximate surface area is 189 Å². The summed E-state index contributed by atoms with van der Waals surface area (Å²) < 4.78 is 7.48. The molecule has 0 spiro atoms. The lowest BCUT2D eigenvalue weighted by Crippen LogP contribution is -2.44. The average Bonchev–Trinajstić information content (AvgIpc) is 3.33. The predicted octanol–water partition coefficient (Wildman–Crippen LogP) is 3.30. The van der Waals surface area contributed by atoms with E-state index in [-0.39, 0.29) is 11.8 Å². The Kier molecular flexibility index (Phi) is 6.87. The van der Waals surface area contributed by atoms with Gasteiger partial charge in [-0.1, -0.05) is 0 Å². The largest absolute Gasteiger partial charge is 0.494 e. The van der Waals surface area contributed by atoms with E-state index in [1.807, 2.05) is 60.8 Å². The van der Waals surface area contributed by atoms with Gasteiger partial charge < -0.3 is 14.5 Å². The second-order valence-corrected chi connectivity index (χ2v) is 8.17. The van der Waals surface area contributed by atoms with Gasteiger partial charge in [0.25, 0.3) is 0 Å². The van der Waals surface area contributed by atoms with Crippen molar-refractivity contribution >= 4 is 22.8 Å². The number of fused-ring (bicyclic) bond motifs is 1. The molecule has 8 nitrogen and oxygen atoms in total. The maximum atomic E-state index is 13.1. The highest BCUT2D eigenvalue weighted by Crippen LogP contribution is 2.27. The van der Waals surface area contributed by atoms with Gasteiger partial charge in [0.1, 0.15) is 5.75 Å². The summed E-state index contributed by atoms with van der Waals surface area (Å²) in [6, 6.07) is 7.86. The van der Waals surface area contributed by atoms with E-state index in [1.54, 1.807) is 6.20 Å². The van der Waals surface area contributed by atoms with Crippen LogP contribution >= 0.6 is 0 Å². The van der Waals surface area contributed by atoms with Gasteiger partial charge in [0, 0.05) is 49.9 Å². The molecular weight excluding hydrogens is 404 g/mol. The van der Waals surface area contributed by atoms with Crippen molar-refractivity contribution in [2.45, 2.75) is 40.2 Å². The number of likely N-dealkylation sites (N-methyl/N-ethyl adjacent to an activating group) is 1. The molecule has 1 aliphatic rings. The van der Waals surface area contributed by atoms with E-state index in [2.05, 4.69) is 10.00 Å². The molecule has 4 rings (SSSR count). The van der Waals surface area contributed by atoms with Crippen LogP contribution in [0, 0.1) is 12.8 Å². The molecule has 0 aliphatic carbocycles. The van der Waals surface area contributed by atoms with Crippen LogP contribution < -0.4 is 9.64 Å². The smallest absolute Gasteiger partial charge is 0.226 e. The number of carbonyl (C=O) groups excluding carboxylic acids is 1. The van der Waals surface area contributed by atoms with Crippen molar-refractivity contribution in [2.24, 2.45) is 5.92 Å². The number of rotatable bonds is 8. The first-order valence-corrected chi connectivity index (χ1v) is 11.5. The Morgan fingerprint density at radius 3 is 2.72 bits per heavy atom. The average molecular weight is 437 g/mol. The van der Waals surface area contributed by atoms with Crippen molar-refractivity contribution < 1.29 is 9.53 Å². The van der Waals surface area contributed by atoms with Crippen LogP contribution in [0.1, 0.15) is 32.4 Å². The molecule has 0 atom stereocenters. The maximum absolute atomic E-state index is 13.1.